The number of hydrogen-bond donors (Lipinski definition) is 1. The largest absolute Gasteiger partial charge is 0.463 e. The van der Waals surface area contributed by atoms with Crippen LogP contribution in [0.3, 0.4) is 0 Å². The molecule has 0 aromatic rings. The normalized spacial score (nSPS) is 13.8. The number of unbranched alkanes of at least 4 members (excludes halogenated alkanes) is 1. The van der Waals surface area contributed by atoms with Crippen molar-refractivity contribution >= 4 is 5.97 Å². The molecule has 0 spiro atoms. The molecular weight excluding hydrogens is 220 g/mol. The van der Waals surface area contributed by atoms with Crippen molar-refractivity contribution in [1.82, 2.24) is 0 Å². The molecule has 0 heterocycles. The molecule has 0 rings (SSSR count). The van der Waals surface area contributed by atoms with Crippen molar-refractivity contribution in [2.24, 2.45) is 5.92 Å². The first kappa shape index (κ1) is 16.0. The Morgan fingerprint density at radius 3 is 2.65 bits per heavy atom. The van der Waals surface area contributed by atoms with Gasteiger partial charge >= 0.3 is 5.97 Å². The number of hydrogen-bond acceptors (Lipinski definition) is 4. The maximum atomic E-state index is 11.5. The van der Waals surface area contributed by atoms with E-state index in [0.29, 0.717) is 13.2 Å². The number of carbonyl (C=O) groups excluding carboxylic acids is 1. The van der Waals surface area contributed by atoms with Crippen LogP contribution in [0.4, 0.5) is 0 Å². The monoisotopic (exact) mass is 242 g/mol. The summed E-state index contributed by atoms with van der Waals surface area (Å²) in [4.78, 5) is 11.5. The summed E-state index contributed by atoms with van der Waals surface area (Å²) in [5, 5.41) is 9.36. The summed E-state index contributed by atoms with van der Waals surface area (Å²) < 4.78 is 10.2. The third-order valence-corrected chi connectivity index (χ3v) is 2.34. The Hall–Kier alpha value is -1.05. The molecule has 0 saturated heterocycles. The van der Waals surface area contributed by atoms with Gasteiger partial charge in [-0.3, -0.25) is 4.79 Å². The Morgan fingerprint density at radius 1 is 1.41 bits per heavy atom. The lowest BCUT2D eigenvalue weighted by Crippen LogP contribution is -2.28. The molecule has 0 bridgehead atoms. The number of aliphatic hydroxyl groups is 1. The van der Waals surface area contributed by atoms with E-state index in [1.54, 1.807) is 0 Å². The smallest absolute Gasteiger partial charge is 0.312 e. The third-order valence-electron chi connectivity index (χ3n) is 2.34. The van der Waals surface area contributed by atoms with E-state index in [1.807, 2.05) is 0 Å². The summed E-state index contributed by atoms with van der Waals surface area (Å²) >= 11 is 0. The molecule has 0 aliphatic rings. The lowest BCUT2D eigenvalue weighted by atomic mass is 10.0. The Morgan fingerprint density at radius 2 is 2.12 bits per heavy atom. The quantitative estimate of drug-likeness (QED) is 0.377. The van der Waals surface area contributed by atoms with Crippen molar-refractivity contribution in [2.45, 2.75) is 39.2 Å². The number of aliphatic hydroxyl groups excluding tert-OH is 1. The fourth-order valence-corrected chi connectivity index (χ4v) is 1.23. The van der Waals surface area contributed by atoms with E-state index < -0.39 is 18.0 Å². The summed E-state index contributed by atoms with van der Waals surface area (Å²) in [6.45, 7) is 4.88. The minimum Gasteiger partial charge on any atom is -0.463 e. The second-order valence-corrected chi connectivity index (χ2v) is 3.89. The fraction of sp³-hybridized carbons (Fsp3) is 0.769. The molecule has 0 aliphatic carbocycles. The third kappa shape index (κ3) is 7.78. The predicted molar refractivity (Wildman–Crippen MR) is 65.3 cm³/mol. The number of terminal acetylenes is 1. The molecule has 0 amide bonds. The van der Waals surface area contributed by atoms with E-state index in [9.17, 15) is 9.90 Å². The number of ether oxygens (including phenoxy) is 2. The van der Waals surface area contributed by atoms with Gasteiger partial charge in [0, 0.05) is 13.0 Å². The minimum atomic E-state index is -0.792. The molecular formula is C13H22O4. The van der Waals surface area contributed by atoms with Crippen molar-refractivity contribution in [3.8, 4) is 12.3 Å². The van der Waals surface area contributed by atoms with Crippen LogP contribution in [-0.2, 0) is 14.3 Å². The molecule has 98 valence electrons. The van der Waals surface area contributed by atoms with Crippen molar-refractivity contribution in [2.75, 3.05) is 19.8 Å². The van der Waals surface area contributed by atoms with Crippen molar-refractivity contribution in [3.05, 3.63) is 0 Å². The first-order valence-corrected chi connectivity index (χ1v) is 5.99. The van der Waals surface area contributed by atoms with E-state index in [2.05, 4.69) is 12.8 Å². The molecule has 0 saturated carbocycles. The molecule has 17 heavy (non-hydrogen) atoms. The number of carbonyl (C=O) groups is 1. The minimum absolute atomic E-state index is 0.188. The second kappa shape index (κ2) is 10.1. The van der Waals surface area contributed by atoms with Crippen molar-refractivity contribution in [1.29, 1.82) is 0 Å². The second-order valence-electron chi connectivity index (χ2n) is 3.89. The lowest BCUT2D eigenvalue weighted by Gasteiger charge is -2.16. The van der Waals surface area contributed by atoms with Gasteiger partial charge in [0.25, 0.3) is 0 Å². The van der Waals surface area contributed by atoms with Gasteiger partial charge in [0.15, 0.2) is 0 Å². The number of esters is 1. The fourth-order valence-electron chi connectivity index (χ4n) is 1.23. The van der Waals surface area contributed by atoms with Gasteiger partial charge in [-0.05, 0) is 13.3 Å². The molecule has 0 aromatic carbocycles. The zero-order chi connectivity index (χ0) is 13.1. The Bertz CT molecular complexity index is 242. The van der Waals surface area contributed by atoms with Crippen LogP contribution in [0.1, 0.15) is 33.1 Å². The SMILES string of the molecule is C#CC[C@H](C(=O)OCCOCCCC)[C@H](C)O. The van der Waals surface area contributed by atoms with E-state index in [1.165, 1.54) is 6.92 Å². The van der Waals surface area contributed by atoms with Gasteiger partial charge in [0.1, 0.15) is 6.61 Å². The molecule has 0 radical (unpaired) electrons. The van der Waals surface area contributed by atoms with Gasteiger partial charge in [-0.2, -0.15) is 0 Å². The summed E-state index contributed by atoms with van der Waals surface area (Å²) in [7, 11) is 0. The Balaban J connectivity index is 3.72. The molecule has 4 heteroatoms. The van der Waals surface area contributed by atoms with Gasteiger partial charge < -0.3 is 14.6 Å². The van der Waals surface area contributed by atoms with Crippen LogP contribution in [0, 0.1) is 18.3 Å². The van der Waals surface area contributed by atoms with Crippen LogP contribution in [-0.4, -0.2) is 37.0 Å². The molecule has 0 fully saturated rings. The molecule has 0 aliphatic heterocycles. The van der Waals surface area contributed by atoms with E-state index in [0.717, 1.165) is 12.8 Å². The van der Waals surface area contributed by atoms with Gasteiger partial charge in [-0.1, -0.05) is 13.3 Å². The summed E-state index contributed by atoms with van der Waals surface area (Å²) in [5.41, 5.74) is 0. The molecule has 4 nitrogen and oxygen atoms in total. The average molecular weight is 242 g/mol. The first-order chi connectivity index (χ1) is 8.13. The van der Waals surface area contributed by atoms with Crippen LogP contribution < -0.4 is 0 Å². The highest BCUT2D eigenvalue weighted by atomic mass is 16.6. The predicted octanol–water partition coefficient (Wildman–Crippen LogP) is 1.37. The highest BCUT2D eigenvalue weighted by Gasteiger charge is 2.24. The van der Waals surface area contributed by atoms with Gasteiger partial charge in [-0.15, -0.1) is 12.3 Å². The molecule has 1 N–H and O–H groups in total. The Labute approximate surface area is 103 Å². The van der Waals surface area contributed by atoms with Crippen LogP contribution >= 0.6 is 0 Å². The zero-order valence-electron chi connectivity index (χ0n) is 10.6. The van der Waals surface area contributed by atoms with E-state index >= 15 is 0 Å². The van der Waals surface area contributed by atoms with E-state index in [4.69, 9.17) is 15.9 Å². The van der Waals surface area contributed by atoms with Gasteiger partial charge in [0.2, 0.25) is 0 Å². The van der Waals surface area contributed by atoms with Gasteiger partial charge in [0.05, 0.1) is 18.6 Å². The standard InChI is InChI=1S/C13H22O4/c1-4-6-8-16-9-10-17-13(15)12(7-5-2)11(3)14/h2,11-12,14H,4,6-10H2,1,3H3/t11-,12-/m0/s1. The van der Waals surface area contributed by atoms with E-state index in [-0.39, 0.29) is 13.0 Å². The highest BCUT2D eigenvalue weighted by Crippen LogP contribution is 2.10. The maximum absolute atomic E-state index is 11.5. The van der Waals surface area contributed by atoms with Crippen molar-refractivity contribution in [3.63, 3.8) is 0 Å². The van der Waals surface area contributed by atoms with Crippen LogP contribution in [0.2, 0.25) is 0 Å². The highest BCUT2D eigenvalue weighted by molar-refractivity contribution is 5.73. The van der Waals surface area contributed by atoms with Crippen molar-refractivity contribution < 1.29 is 19.4 Å². The average Bonchev–Trinajstić information content (AvgIpc) is 2.29. The summed E-state index contributed by atoms with van der Waals surface area (Å²) in [5.74, 6) is 1.25. The molecule has 2 atom stereocenters. The summed E-state index contributed by atoms with van der Waals surface area (Å²) in [6, 6.07) is 0. The topological polar surface area (TPSA) is 55.8 Å². The van der Waals surface area contributed by atoms with Gasteiger partial charge in [-0.25, -0.2) is 0 Å². The first-order valence-electron chi connectivity index (χ1n) is 5.99. The lowest BCUT2D eigenvalue weighted by molar-refractivity contribution is -0.153. The zero-order valence-corrected chi connectivity index (χ0v) is 10.6. The Kier molecular flexibility index (Phi) is 9.50. The van der Waals surface area contributed by atoms with Crippen LogP contribution in [0.5, 0.6) is 0 Å². The molecule has 0 unspecified atom stereocenters. The number of rotatable bonds is 9. The summed E-state index contributed by atoms with van der Waals surface area (Å²) in [6.07, 6.45) is 6.59. The van der Waals surface area contributed by atoms with Crippen LogP contribution in [0.15, 0.2) is 0 Å². The maximum Gasteiger partial charge on any atom is 0.312 e. The molecule has 0 aromatic heterocycles. The van der Waals surface area contributed by atoms with Crippen LogP contribution in [0.25, 0.3) is 0 Å².